The first kappa shape index (κ1) is 23.8. The molecule has 1 fully saturated rings. The third-order valence-corrected chi connectivity index (χ3v) is 7.11. The Morgan fingerprint density at radius 2 is 1.97 bits per heavy atom. The van der Waals surface area contributed by atoms with Crippen LogP contribution in [0.1, 0.15) is 0 Å². The number of H-pyrrole nitrogens is 1. The second kappa shape index (κ2) is 9.59. The molecule has 1 aromatic carbocycles. The Balaban J connectivity index is 1.50. The number of anilines is 4. The quantitative estimate of drug-likeness (QED) is 0.381. The van der Waals surface area contributed by atoms with Gasteiger partial charge in [0.2, 0.25) is 10.0 Å². The number of aromatic amines is 1. The van der Waals surface area contributed by atoms with Crippen LogP contribution >= 0.6 is 0 Å². The Morgan fingerprint density at radius 1 is 1.17 bits per heavy atom. The summed E-state index contributed by atoms with van der Waals surface area (Å²) in [6, 6.07) is 9.40. The third kappa shape index (κ3) is 4.62. The smallest absolute Gasteiger partial charge is 0.233 e. The summed E-state index contributed by atoms with van der Waals surface area (Å²) in [6.45, 7) is 3.04. The second-order valence-corrected chi connectivity index (χ2v) is 10.2. The average Bonchev–Trinajstić information content (AvgIpc) is 3.34. The van der Waals surface area contributed by atoms with Crippen LogP contribution in [-0.4, -0.2) is 80.1 Å². The molecule has 188 valence electrons. The number of rotatable bonds is 7. The van der Waals surface area contributed by atoms with Gasteiger partial charge in [0.1, 0.15) is 23.4 Å². The largest absolute Gasteiger partial charge is 0.494 e. The molecule has 5 rings (SSSR count). The summed E-state index contributed by atoms with van der Waals surface area (Å²) in [6.07, 6.45) is 4.06. The zero-order valence-corrected chi connectivity index (χ0v) is 20.9. The SMILES string of the molecule is COc1cc(N2CCOCC2)ccc1Nc1ncnc2nc(-c3cccnc3N(C)S(C)(=O)=O)[nH]c12. The van der Waals surface area contributed by atoms with Crippen LogP contribution in [0.25, 0.3) is 22.6 Å². The van der Waals surface area contributed by atoms with Gasteiger partial charge in [-0.1, -0.05) is 0 Å². The zero-order chi connectivity index (χ0) is 25.3. The minimum absolute atomic E-state index is 0.252. The van der Waals surface area contributed by atoms with Gasteiger partial charge >= 0.3 is 0 Å². The highest BCUT2D eigenvalue weighted by Gasteiger charge is 2.21. The van der Waals surface area contributed by atoms with Crippen molar-refractivity contribution in [3.8, 4) is 17.1 Å². The van der Waals surface area contributed by atoms with E-state index >= 15 is 0 Å². The Hall–Kier alpha value is -3.97. The van der Waals surface area contributed by atoms with E-state index < -0.39 is 10.0 Å². The number of aromatic nitrogens is 5. The van der Waals surface area contributed by atoms with Gasteiger partial charge in [0.05, 0.1) is 37.8 Å². The number of hydrogen-bond acceptors (Lipinski definition) is 10. The fourth-order valence-electron chi connectivity index (χ4n) is 3.97. The summed E-state index contributed by atoms with van der Waals surface area (Å²) in [7, 11) is -0.452. The molecule has 0 bridgehead atoms. The van der Waals surface area contributed by atoms with E-state index in [4.69, 9.17) is 9.47 Å². The van der Waals surface area contributed by atoms with Crippen molar-refractivity contribution in [1.29, 1.82) is 0 Å². The van der Waals surface area contributed by atoms with Gasteiger partial charge in [-0.2, -0.15) is 0 Å². The lowest BCUT2D eigenvalue weighted by Gasteiger charge is -2.29. The number of ether oxygens (including phenoxy) is 2. The van der Waals surface area contributed by atoms with Gasteiger partial charge < -0.3 is 24.7 Å². The molecule has 1 saturated heterocycles. The van der Waals surface area contributed by atoms with Crippen molar-refractivity contribution < 1.29 is 17.9 Å². The summed E-state index contributed by atoms with van der Waals surface area (Å²) in [5.74, 6) is 1.83. The van der Waals surface area contributed by atoms with E-state index in [1.807, 2.05) is 18.2 Å². The number of sulfonamides is 1. The van der Waals surface area contributed by atoms with E-state index in [-0.39, 0.29) is 5.82 Å². The summed E-state index contributed by atoms with van der Waals surface area (Å²) < 4.78 is 36.5. The van der Waals surface area contributed by atoms with Crippen molar-refractivity contribution in [2.75, 3.05) is 61.2 Å². The van der Waals surface area contributed by atoms with Gasteiger partial charge in [0.25, 0.3) is 0 Å². The number of nitrogens with zero attached hydrogens (tertiary/aromatic N) is 6. The van der Waals surface area contributed by atoms with Gasteiger partial charge in [-0.15, -0.1) is 0 Å². The molecule has 3 aromatic heterocycles. The minimum Gasteiger partial charge on any atom is -0.494 e. The van der Waals surface area contributed by atoms with Crippen LogP contribution in [0.3, 0.4) is 0 Å². The number of benzene rings is 1. The molecule has 0 saturated carbocycles. The Morgan fingerprint density at radius 3 is 2.72 bits per heavy atom. The molecule has 12 nitrogen and oxygen atoms in total. The summed E-state index contributed by atoms with van der Waals surface area (Å²) >= 11 is 0. The molecule has 1 aliphatic heterocycles. The van der Waals surface area contributed by atoms with E-state index in [1.165, 1.54) is 19.6 Å². The molecule has 1 aliphatic rings. The predicted molar refractivity (Wildman–Crippen MR) is 137 cm³/mol. The molecule has 2 N–H and O–H groups in total. The van der Waals surface area contributed by atoms with E-state index in [1.54, 1.807) is 19.2 Å². The lowest BCUT2D eigenvalue weighted by Crippen LogP contribution is -2.36. The van der Waals surface area contributed by atoms with Crippen LogP contribution in [0.4, 0.5) is 23.0 Å². The van der Waals surface area contributed by atoms with Crippen molar-refractivity contribution in [2.24, 2.45) is 0 Å². The number of pyridine rings is 1. The molecule has 0 unspecified atom stereocenters. The molecule has 0 atom stereocenters. The highest BCUT2D eigenvalue weighted by molar-refractivity contribution is 7.92. The first-order chi connectivity index (χ1) is 17.3. The molecule has 0 spiro atoms. The molecule has 0 aliphatic carbocycles. The number of fused-ring (bicyclic) bond motifs is 1. The summed E-state index contributed by atoms with van der Waals surface area (Å²) in [5, 5.41) is 3.31. The van der Waals surface area contributed by atoms with Crippen LogP contribution in [-0.2, 0) is 14.8 Å². The molecule has 0 radical (unpaired) electrons. The maximum atomic E-state index is 12.1. The maximum Gasteiger partial charge on any atom is 0.233 e. The average molecular weight is 511 g/mol. The van der Waals surface area contributed by atoms with Gasteiger partial charge in [-0.05, 0) is 24.3 Å². The number of imidazole rings is 1. The Kier molecular flexibility index (Phi) is 6.33. The zero-order valence-electron chi connectivity index (χ0n) is 20.1. The highest BCUT2D eigenvalue weighted by atomic mass is 32.2. The van der Waals surface area contributed by atoms with Crippen molar-refractivity contribution in [2.45, 2.75) is 0 Å². The monoisotopic (exact) mass is 510 g/mol. The highest BCUT2D eigenvalue weighted by Crippen LogP contribution is 2.34. The third-order valence-electron chi connectivity index (χ3n) is 5.94. The topological polar surface area (TPSA) is 138 Å². The fourth-order valence-corrected chi connectivity index (χ4v) is 4.43. The molecule has 13 heteroatoms. The normalized spacial score (nSPS) is 14.1. The van der Waals surface area contributed by atoms with E-state index in [9.17, 15) is 8.42 Å². The van der Waals surface area contributed by atoms with Gasteiger partial charge in [0, 0.05) is 38.1 Å². The van der Waals surface area contributed by atoms with Gasteiger partial charge in [0.15, 0.2) is 17.3 Å². The van der Waals surface area contributed by atoms with Crippen LogP contribution < -0.4 is 19.3 Å². The Bertz CT molecular complexity index is 1500. The molecular formula is C23H26N8O4S. The van der Waals surface area contributed by atoms with E-state index in [2.05, 4.69) is 35.1 Å². The summed E-state index contributed by atoms with van der Waals surface area (Å²) in [4.78, 5) is 23.0. The number of methoxy groups -OCH3 is 1. The predicted octanol–water partition coefficient (Wildman–Crippen LogP) is 2.40. The Labute approximate surface area is 208 Å². The summed E-state index contributed by atoms with van der Waals surface area (Å²) in [5.41, 5.74) is 3.27. The fraction of sp³-hybridized carbons (Fsp3) is 0.304. The molecular weight excluding hydrogens is 484 g/mol. The van der Waals surface area contributed by atoms with E-state index in [0.29, 0.717) is 47.3 Å². The van der Waals surface area contributed by atoms with Crippen LogP contribution in [0, 0.1) is 0 Å². The second-order valence-electron chi connectivity index (χ2n) is 8.22. The van der Waals surface area contributed by atoms with Crippen molar-refractivity contribution >= 4 is 44.2 Å². The number of hydrogen-bond donors (Lipinski definition) is 2. The van der Waals surface area contributed by atoms with Crippen molar-refractivity contribution in [3.63, 3.8) is 0 Å². The van der Waals surface area contributed by atoms with Crippen LogP contribution in [0.5, 0.6) is 5.75 Å². The first-order valence-corrected chi connectivity index (χ1v) is 13.1. The maximum absolute atomic E-state index is 12.1. The van der Waals surface area contributed by atoms with Crippen molar-refractivity contribution in [3.05, 3.63) is 42.9 Å². The molecule has 0 amide bonds. The lowest BCUT2D eigenvalue weighted by atomic mass is 10.2. The standard InChI is InChI=1S/C23H26N8O4S/c1-30(36(3,32)33)23-16(5-4-8-24-23)20-28-19-21(25-14-26-22(19)29-20)27-17-7-6-15(13-18(17)34-2)31-9-11-35-12-10-31/h4-8,13-14H,9-12H2,1-3H3,(H2,25,26,27,28,29). The number of morpholine rings is 1. The van der Waals surface area contributed by atoms with Crippen LogP contribution in [0.15, 0.2) is 42.9 Å². The lowest BCUT2D eigenvalue weighted by molar-refractivity contribution is 0.122. The van der Waals surface area contributed by atoms with Crippen molar-refractivity contribution in [1.82, 2.24) is 24.9 Å². The number of nitrogens with one attached hydrogen (secondary N) is 2. The van der Waals surface area contributed by atoms with E-state index in [0.717, 1.165) is 35.0 Å². The van der Waals surface area contributed by atoms with Crippen LogP contribution in [0.2, 0.25) is 0 Å². The molecule has 4 heterocycles. The van der Waals surface area contributed by atoms with Gasteiger partial charge in [-0.3, -0.25) is 4.31 Å². The minimum atomic E-state index is -3.52. The first-order valence-electron chi connectivity index (χ1n) is 11.2. The molecule has 36 heavy (non-hydrogen) atoms. The molecule has 4 aromatic rings. The van der Waals surface area contributed by atoms with Gasteiger partial charge in [-0.25, -0.2) is 28.4 Å².